The third kappa shape index (κ3) is 3.45. The summed E-state index contributed by atoms with van der Waals surface area (Å²) in [6.07, 6.45) is 1.48. The Kier molecular flexibility index (Phi) is 4.75. The van der Waals surface area contributed by atoms with Crippen LogP contribution in [0.3, 0.4) is 0 Å². The summed E-state index contributed by atoms with van der Waals surface area (Å²) in [5.41, 5.74) is 6.08. The lowest BCUT2D eigenvalue weighted by Gasteiger charge is -2.38. The number of fused-ring (bicyclic) bond motifs is 2. The molecule has 0 aliphatic carbocycles. The summed E-state index contributed by atoms with van der Waals surface area (Å²) in [5.74, 6) is -0.482. The van der Waals surface area contributed by atoms with Crippen LogP contribution in [0.15, 0.2) is 34.7 Å². The number of benzene rings is 1. The van der Waals surface area contributed by atoms with E-state index in [-0.39, 0.29) is 20.6 Å². The maximum absolute atomic E-state index is 13.3. The van der Waals surface area contributed by atoms with Gasteiger partial charge in [-0.05, 0) is 30.3 Å². The van der Waals surface area contributed by atoms with Crippen LogP contribution >= 0.6 is 11.3 Å². The Morgan fingerprint density at radius 3 is 2.52 bits per heavy atom. The van der Waals surface area contributed by atoms with E-state index in [0.717, 1.165) is 12.1 Å². The lowest BCUT2D eigenvalue weighted by molar-refractivity contribution is -0.132. The number of amides is 2. The molecule has 2 amide bonds. The van der Waals surface area contributed by atoms with Crippen LogP contribution in [0.1, 0.15) is 4.88 Å². The van der Waals surface area contributed by atoms with Crippen molar-refractivity contribution in [3.8, 4) is 0 Å². The van der Waals surface area contributed by atoms with Gasteiger partial charge < -0.3 is 15.8 Å². The molecule has 1 aromatic carbocycles. The highest BCUT2D eigenvalue weighted by Gasteiger charge is 2.50. The van der Waals surface area contributed by atoms with Gasteiger partial charge in [-0.15, -0.1) is 0 Å². The third-order valence-corrected chi connectivity index (χ3v) is 6.53. The molecule has 0 bridgehead atoms. The first-order valence-corrected chi connectivity index (χ1v) is 10.8. The Balaban J connectivity index is 1.66. The SMILES string of the molecule is Nc1nc2c(s1)C=C(C(=O)Nc1ccc(S(=O)(=O)O)cc1)C(=O)[N+]21CCOCC1. The van der Waals surface area contributed by atoms with Crippen molar-refractivity contribution < 1.29 is 27.3 Å². The summed E-state index contributed by atoms with van der Waals surface area (Å²) in [6, 6.07) is 4.95. The molecule has 29 heavy (non-hydrogen) atoms. The van der Waals surface area contributed by atoms with E-state index in [4.69, 9.17) is 15.0 Å². The fourth-order valence-corrected chi connectivity index (χ4v) is 4.73. The minimum absolute atomic E-state index is 0.0399. The van der Waals surface area contributed by atoms with E-state index in [0.29, 0.717) is 42.1 Å². The number of hydrogen-bond donors (Lipinski definition) is 3. The number of morpholine rings is 1. The summed E-state index contributed by atoms with van der Waals surface area (Å²) in [5, 5.41) is 2.90. The first-order valence-electron chi connectivity index (χ1n) is 8.58. The molecule has 152 valence electrons. The molecule has 1 fully saturated rings. The highest BCUT2D eigenvalue weighted by Crippen LogP contribution is 2.40. The molecule has 2 aromatic rings. The van der Waals surface area contributed by atoms with Crippen molar-refractivity contribution in [3.63, 3.8) is 0 Å². The lowest BCUT2D eigenvalue weighted by Crippen LogP contribution is -2.62. The predicted octanol–water partition coefficient (Wildman–Crippen LogP) is 0.872. The van der Waals surface area contributed by atoms with E-state index in [1.54, 1.807) is 0 Å². The smallest absolute Gasteiger partial charge is 0.358 e. The average molecular weight is 437 g/mol. The number of anilines is 2. The zero-order valence-electron chi connectivity index (χ0n) is 15.0. The maximum Gasteiger partial charge on any atom is 0.358 e. The molecular weight excluding hydrogens is 420 g/mol. The van der Waals surface area contributed by atoms with Crippen molar-refractivity contribution >= 4 is 56.0 Å². The number of ether oxygens (including phenoxy) is 1. The number of carbonyl (C=O) groups is 2. The number of nitrogens with zero attached hydrogens (tertiary/aromatic N) is 2. The number of hydrogen-bond acceptors (Lipinski definition) is 8. The van der Waals surface area contributed by atoms with Crippen LogP contribution in [0.25, 0.3) is 6.08 Å². The zero-order valence-corrected chi connectivity index (χ0v) is 16.6. The molecule has 2 aliphatic rings. The van der Waals surface area contributed by atoms with Crippen molar-refractivity contribution in [2.75, 3.05) is 37.4 Å². The molecule has 4 N–H and O–H groups in total. The van der Waals surface area contributed by atoms with Crippen molar-refractivity contribution in [2.24, 2.45) is 0 Å². The van der Waals surface area contributed by atoms with Crippen molar-refractivity contribution in [1.82, 2.24) is 9.47 Å². The largest absolute Gasteiger partial charge is 0.375 e. The Bertz CT molecular complexity index is 1130. The number of quaternary nitrogens is 1. The Morgan fingerprint density at radius 2 is 1.90 bits per heavy atom. The van der Waals surface area contributed by atoms with Crippen LogP contribution in [0.4, 0.5) is 16.6 Å². The molecule has 3 heterocycles. The molecule has 1 saturated heterocycles. The molecule has 10 nitrogen and oxygen atoms in total. The van der Waals surface area contributed by atoms with Gasteiger partial charge in [0.2, 0.25) is 0 Å². The zero-order chi connectivity index (χ0) is 20.8. The van der Waals surface area contributed by atoms with Gasteiger partial charge in [0.05, 0.1) is 18.1 Å². The van der Waals surface area contributed by atoms with Crippen molar-refractivity contribution in [3.05, 3.63) is 34.7 Å². The molecule has 12 heteroatoms. The van der Waals surface area contributed by atoms with E-state index in [1.807, 2.05) is 0 Å². The molecule has 4 rings (SSSR count). The number of nitrogens with one attached hydrogen (secondary N) is 1. The molecule has 0 atom stereocenters. The molecule has 1 aromatic heterocycles. The molecule has 1 spiro atoms. The van der Waals surface area contributed by atoms with E-state index in [1.165, 1.54) is 29.5 Å². The van der Waals surface area contributed by atoms with Crippen LogP contribution in [0.5, 0.6) is 0 Å². The van der Waals surface area contributed by atoms with Crippen LogP contribution in [0, 0.1) is 0 Å². The van der Waals surface area contributed by atoms with Gasteiger partial charge >= 0.3 is 5.91 Å². The third-order valence-electron chi connectivity index (χ3n) is 4.84. The fourth-order valence-electron chi connectivity index (χ4n) is 3.40. The fraction of sp³-hybridized carbons (Fsp3) is 0.235. The van der Waals surface area contributed by atoms with Gasteiger partial charge in [0.25, 0.3) is 21.8 Å². The second-order valence-corrected chi connectivity index (χ2v) is 9.07. The highest BCUT2D eigenvalue weighted by atomic mass is 32.2. The van der Waals surface area contributed by atoms with Gasteiger partial charge in [0, 0.05) is 5.69 Å². The molecule has 0 radical (unpaired) electrons. The second kappa shape index (κ2) is 7.00. The quantitative estimate of drug-likeness (QED) is 0.364. The number of aromatic nitrogens is 1. The average Bonchev–Trinajstić information content (AvgIpc) is 3.06. The van der Waals surface area contributed by atoms with Gasteiger partial charge in [0.1, 0.15) is 23.5 Å². The lowest BCUT2D eigenvalue weighted by atomic mass is 10.1. The molecule has 0 saturated carbocycles. The first kappa shape index (κ1) is 19.7. The van der Waals surface area contributed by atoms with Crippen LogP contribution in [-0.2, 0) is 24.4 Å². The van der Waals surface area contributed by atoms with Crippen LogP contribution in [0.2, 0.25) is 0 Å². The number of thiazole rings is 1. The molecular formula is C17H17N4O6S2+. The predicted molar refractivity (Wildman–Crippen MR) is 107 cm³/mol. The number of nitrogen functional groups attached to an aromatic ring is 1. The standard InChI is InChI=1S/C17H16N4O6S2/c18-17-20-14-13(28-17)9-12(16(23)21(14)5-7-27-8-6-21)15(22)19-10-1-3-11(4-2-10)29(24,25)26/h1-4,9H,5-8H2,(H3-,18,19,20,22,23,24,25,26)/p+1. The summed E-state index contributed by atoms with van der Waals surface area (Å²) in [6.45, 7) is 1.41. The van der Waals surface area contributed by atoms with Crippen molar-refractivity contribution in [1.29, 1.82) is 0 Å². The topological polar surface area (TPSA) is 149 Å². The molecule has 2 aliphatic heterocycles. The first-order chi connectivity index (χ1) is 13.7. The van der Waals surface area contributed by atoms with Gasteiger partial charge in [0.15, 0.2) is 5.13 Å². The van der Waals surface area contributed by atoms with Gasteiger partial charge in [-0.1, -0.05) is 11.3 Å². The van der Waals surface area contributed by atoms with Crippen LogP contribution < -0.4 is 15.5 Å². The Labute approximate surface area is 169 Å². The van der Waals surface area contributed by atoms with Gasteiger partial charge in [-0.25, -0.2) is 9.28 Å². The number of carbonyl (C=O) groups excluding carboxylic acids is 2. The summed E-state index contributed by atoms with van der Waals surface area (Å²) < 4.78 is 36.6. The highest BCUT2D eigenvalue weighted by molar-refractivity contribution is 7.85. The Hall–Kier alpha value is -2.64. The number of nitrogens with two attached hydrogens (primary N) is 1. The van der Waals surface area contributed by atoms with Gasteiger partial charge in [-0.3, -0.25) is 9.35 Å². The summed E-state index contributed by atoms with van der Waals surface area (Å²) in [7, 11) is -4.34. The minimum Gasteiger partial charge on any atom is -0.375 e. The van der Waals surface area contributed by atoms with E-state index < -0.39 is 21.9 Å². The van der Waals surface area contributed by atoms with Gasteiger partial charge in [-0.2, -0.15) is 13.4 Å². The molecule has 0 unspecified atom stereocenters. The second-order valence-electron chi connectivity index (χ2n) is 6.58. The maximum atomic E-state index is 13.3. The number of rotatable bonds is 3. The summed E-state index contributed by atoms with van der Waals surface area (Å²) in [4.78, 5) is 30.8. The minimum atomic E-state index is -4.34. The van der Waals surface area contributed by atoms with E-state index in [2.05, 4.69) is 10.3 Å². The summed E-state index contributed by atoms with van der Waals surface area (Å²) >= 11 is 1.20. The Morgan fingerprint density at radius 1 is 1.24 bits per heavy atom. The van der Waals surface area contributed by atoms with Crippen LogP contribution in [-0.4, -0.2) is 56.1 Å². The van der Waals surface area contributed by atoms with Crippen molar-refractivity contribution in [2.45, 2.75) is 4.90 Å². The monoisotopic (exact) mass is 437 g/mol. The van der Waals surface area contributed by atoms with E-state index >= 15 is 0 Å². The normalized spacial score (nSPS) is 18.2. The van der Waals surface area contributed by atoms with E-state index in [9.17, 15) is 18.0 Å².